The highest BCUT2D eigenvalue weighted by atomic mass is 16.4. The Labute approximate surface area is 119 Å². The quantitative estimate of drug-likeness (QED) is 0.844. The molecule has 2 heterocycles. The van der Waals surface area contributed by atoms with E-state index in [4.69, 9.17) is 5.11 Å². The molecule has 6 nitrogen and oxygen atoms in total. The topological polar surface area (TPSA) is 69.6 Å². The lowest BCUT2D eigenvalue weighted by Gasteiger charge is -2.17. The molecule has 1 N–H and O–H groups in total. The molecule has 6 heteroatoms. The number of rotatable bonds is 6. The van der Waals surface area contributed by atoms with Gasteiger partial charge in [0.2, 0.25) is 5.95 Å². The van der Waals surface area contributed by atoms with E-state index in [9.17, 15) is 4.79 Å². The molecule has 1 aromatic heterocycles. The van der Waals surface area contributed by atoms with Crippen molar-refractivity contribution in [1.82, 2.24) is 14.9 Å². The summed E-state index contributed by atoms with van der Waals surface area (Å²) in [6.07, 6.45) is 6.10. The summed E-state index contributed by atoms with van der Waals surface area (Å²) in [4.78, 5) is 23.1. The SMILES string of the molecule is CC[C@H]1CCN(Cc2cnc(N(C)CC(=O)O)nc2)C1. The van der Waals surface area contributed by atoms with E-state index >= 15 is 0 Å². The van der Waals surface area contributed by atoms with Gasteiger partial charge in [0, 0.05) is 38.1 Å². The summed E-state index contributed by atoms with van der Waals surface area (Å²) in [6.45, 7) is 5.31. The first-order valence-corrected chi connectivity index (χ1v) is 7.04. The van der Waals surface area contributed by atoms with Crippen molar-refractivity contribution in [3.63, 3.8) is 0 Å². The first-order chi connectivity index (χ1) is 9.58. The van der Waals surface area contributed by atoms with Crippen molar-refractivity contribution in [3.8, 4) is 0 Å². The molecular formula is C14H22N4O2. The zero-order valence-corrected chi connectivity index (χ0v) is 12.1. The third-order valence-corrected chi connectivity index (χ3v) is 3.76. The number of hydrogen-bond donors (Lipinski definition) is 1. The molecule has 0 saturated carbocycles. The molecule has 1 atom stereocenters. The number of carboxylic acid groups (broad SMARTS) is 1. The summed E-state index contributed by atoms with van der Waals surface area (Å²) in [5.41, 5.74) is 1.08. The largest absolute Gasteiger partial charge is 0.480 e. The molecule has 20 heavy (non-hydrogen) atoms. The minimum absolute atomic E-state index is 0.0936. The first kappa shape index (κ1) is 14.7. The summed E-state index contributed by atoms with van der Waals surface area (Å²) in [7, 11) is 1.68. The molecular weight excluding hydrogens is 256 g/mol. The Morgan fingerprint density at radius 1 is 1.50 bits per heavy atom. The van der Waals surface area contributed by atoms with Gasteiger partial charge in [-0.3, -0.25) is 9.69 Å². The molecule has 0 spiro atoms. The first-order valence-electron chi connectivity index (χ1n) is 7.04. The van der Waals surface area contributed by atoms with Crippen molar-refractivity contribution in [2.75, 3.05) is 31.6 Å². The van der Waals surface area contributed by atoms with Crippen LogP contribution in [0.15, 0.2) is 12.4 Å². The Balaban J connectivity index is 1.90. The summed E-state index contributed by atoms with van der Waals surface area (Å²) >= 11 is 0. The Hall–Kier alpha value is -1.69. The van der Waals surface area contributed by atoms with E-state index in [1.54, 1.807) is 19.4 Å². The van der Waals surface area contributed by atoms with Gasteiger partial charge >= 0.3 is 5.97 Å². The number of carbonyl (C=O) groups is 1. The number of aliphatic carboxylic acids is 1. The van der Waals surface area contributed by atoms with Gasteiger partial charge in [0.05, 0.1) is 0 Å². The molecule has 1 aliphatic heterocycles. The third kappa shape index (κ3) is 3.90. The molecule has 1 aromatic rings. The normalized spacial score (nSPS) is 19.2. The van der Waals surface area contributed by atoms with Gasteiger partial charge in [-0.15, -0.1) is 0 Å². The van der Waals surface area contributed by atoms with Crippen LogP contribution in [-0.4, -0.2) is 52.6 Å². The number of likely N-dealkylation sites (tertiary alicyclic amines) is 1. The summed E-state index contributed by atoms with van der Waals surface area (Å²) < 4.78 is 0. The van der Waals surface area contributed by atoms with Crippen LogP contribution in [-0.2, 0) is 11.3 Å². The van der Waals surface area contributed by atoms with E-state index < -0.39 is 5.97 Å². The molecule has 110 valence electrons. The highest BCUT2D eigenvalue weighted by Gasteiger charge is 2.20. The van der Waals surface area contributed by atoms with Gasteiger partial charge in [0.25, 0.3) is 0 Å². The van der Waals surface area contributed by atoms with Crippen molar-refractivity contribution >= 4 is 11.9 Å². The Bertz CT molecular complexity index is 449. The second kappa shape index (κ2) is 6.65. The van der Waals surface area contributed by atoms with Crippen LogP contribution in [0.2, 0.25) is 0 Å². The third-order valence-electron chi connectivity index (χ3n) is 3.76. The van der Waals surface area contributed by atoms with E-state index in [2.05, 4.69) is 21.8 Å². The number of hydrogen-bond acceptors (Lipinski definition) is 5. The van der Waals surface area contributed by atoms with E-state index in [0.717, 1.165) is 31.1 Å². The van der Waals surface area contributed by atoms with Gasteiger partial charge in [-0.25, -0.2) is 9.97 Å². The van der Waals surface area contributed by atoms with Crippen molar-refractivity contribution < 1.29 is 9.90 Å². The van der Waals surface area contributed by atoms with E-state index in [1.165, 1.54) is 17.7 Å². The van der Waals surface area contributed by atoms with Gasteiger partial charge in [0.1, 0.15) is 6.54 Å². The van der Waals surface area contributed by atoms with Crippen LogP contribution < -0.4 is 4.90 Å². The molecule has 0 radical (unpaired) electrons. The maximum Gasteiger partial charge on any atom is 0.323 e. The smallest absolute Gasteiger partial charge is 0.323 e. The van der Waals surface area contributed by atoms with E-state index in [0.29, 0.717) is 5.95 Å². The second-order valence-electron chi connectivity index (χ2n) is 5.44. The number of likely N-dealkylation sites (N-methyl/N-ethyl adjacent to an activating group) is 1. The average molecular weight is 278 g/mol. The van der Waals surface area contributed by atoms with Gasteiger partial charge in [0.15, 0.2) is 0 Å². The lowest BCUT2D eigenvalue weighted by atomic mass is 10.1. The lowest BCUT2D eigenvalue weighted by molar-refractivity contribution is -0.135. The fraction of sp³-hybridized carbons (Fsp3) is 0.643. The van der Waals surface area contributed by atoms with Crippen LogP contribution in [0.1, 0.15) is 25.3 Å². The molecule has 1 saturated heterocycles. The van der Waals surface area contributed by atoms with Crippen molar-refractivity contribution in [2.45, 2.75) is 26.3 Å². The highest BCUT2D eigenvalue weighted by Crippen LogP contribution is 2.20. The van der Waals surface area contributed by atoms with Crippen LogP contribution in [0.5, 0.6) is 0 Å². The van der Waals surface area contributed by atoms with E-state index in [1.807, 2.05) is 0 Å². The fourth-order valence-corrected chi connectivity index (χ4v) is 2.55. The van der Waals surface area contributed by atoms with Crippen LogP contribution in [0, 0.1) is 5.92 Å². The molecule has 0 bridgehead atoms. The molecule has 0 amide bonds. The molecule has 2 rings (SSSR count). The molecule has 0 unspecified atom stereocenters. The van der Waals surface area contributed by atoms with Crippen LogP contribution in [0.4, 0.5) is 5.95 Å². The van der Waals surface area contributed by atoms with Crippen molar-refractivity contribution in [3.05, 3.63) is 18.0 Å². The number of anilines is 1. The van der Waals surface area contributed by atoms with Crippen molar-refractivity contribution in [2.24, 2.45) is 5.92 Å². The van der Waals surface area contributed by atoms with Gasteiger partial charge < -0.3 is 10.0 Å². The predicted molar refractivity (Wildman–Crippen MR) is 76.6 cm³/mol. The van der Waals surface area contributed by atoms with E-state index in [-0.39, 0.29) is 6.54 Å². The highest BCUT2D eigenvalue weighted by molar-refractivity contribution is 5.72. The van der Waals surface area contributed by atoms with Crippen molar-refractivity contribution in [1.29, 1.82) is 0 Å². The van der Waals surface area contributed by atoms with Gasteiger partial charge in [-0.2, -0.15) is 0 Å². The average Bonchev–Trinajstić information content (AvgIpc) is 2.86. The number of carboxylic acids is 1. The Morgan fingerprint density at radius 3 is 2.75 bits per heavy atom. The fourth-order valence-electron chi connectivity index (χ4n) is 2.55. The number of nitrogens with zero attached hydrogens (tertiary/aromatic N) is 4. The molecule has 0 aromatic carbocycles. The summed E-state index contributed by atoms with van der Waals surface area (Å²) in [6, 6.07) is 0. The molecule has 0 aliphatic carbocycles. The van der Waals surface area contributed by atoms with Crippen LogP contribution in [0.3, 0.4) is 0 Å². The molecule has 1 aliphatic rings. The maximum absolute atomic E-state index is 10.6. The molecule has 1 fully saturated rings. The maximum atomic E-state index is 10.6. The zero-order valence-electron chi connectivity index (χ0n) is 12.1. The van der Waals surface area contributed by atoms with Gasteiger partial charge in [-0.05, 0) is 18.9 Å². The lowest BCUT2D eigenvalue weighted by Crippen LogP contribution is -2.27. The van der Waals surface area contributed by atoms with Crippen LogP contribution >= 0.6 is 0 Å². The zero-order chi connectivity index (χ0) is 14.5. The Morgan fingerprint density at radius 2 is 2.20 bits per heavy atom. The minimum Gasteiger partial charge on any atom is -0.480 e. The standard InChI is InChI=1S/C14H22N4O2/c1-3-11-4-5-18(8-11)9-12-6-15-14(16-7-12)17(2)10-13(19)20/h6-7,11H,3-5,8-10H2,1-2H3,(H,19,20)/t11-/m0/s1. The summed E-state index contributed by atoms with van der Waals surface area (Å²) in [5.74, 6) is 0.378. The number of aromatic nitrogens is 2. The predicted octanol–water partition coefficient (Wildman–Crippen LogP) is 1.23. The minimum atomic E-state index is -0.886. The second-order valence-corrected chi connectivity index (χ2v) is 5.44. The monoisotopic (exact) mass is 278 g/mol. The Kier molecular flexibility index (Phi) is 4.89. The summed E-state index contributed by atoms with van der Waals surface area (Å²) in [5, 5.41) is 8.73. The van der Waals surface area contributed by atoms with Gasteiger partial charge in [-0.1, -0.05) is 13.3 Å². The van der Waals surface area contributed by atoms with Crippen LogP contribution in [0.25, 0.3) is 0 Å².